The van der Waals surface area contributed by atoms with Crippen LogP contribution >= 0.6 is 0 Å². The third kappa shape index (κ3) is 4.91. The van der Waals surface area contributed by atoms with Gasteiger partial charge in [0.2, 0.25) is 17.7 Å². The second-order valence-corrected chi connectivity index (χ2v) is 9.75. The Morgan fingerprint density at radius 1 is 1.03 bits per heavy atom. The fraction of sp³-hybridized carbons (Fsp3) is 0.500. The van der Waals surface area contributed by atoms with Crippen LogP contribution in [0.15, 0.2) is 18.2 Å². The summed E-state index contributed by atoms with van der Waals surface area (Å²) in [6.07, 6.45) is 3.33. The Morgan fingerprint density at radius 3 is 2.53 bits per heavy atom. The van der Waals surface area contributed by atoms with Crippen molar-refractivity contribution < 1.29 is 24.0 Å². The average molecular weight is 492 g/mol. The molecule has 4 aliphatic heterocycles. The summed E-state index contributed by atoms with van der Waals surface area (Å²) in [4.78, 5) is 63.8. The van der Waals surface area contributed by atoms with Crippen molar-refractivity contribution in [3.05, 3.63) is 34.9 Å². The van der Waals surface area contributed by atoms with Crippen LogP contribution in [0.4, 0.5) is 4.79 Å². The van der Waals surface area contributed by atoms with Gasteiger partial charge in [-0.3, -0.25) is 24.5 Å². The van der Waals surface area contributed by atoms with E-state index in [1.807, 2.05) is 6.07 Å². The number of amides is 6. The summed E-state index contributed by atoms with van der Waals surface area (Å²) in [6.45, 7) is 1.96. The van der Waals surface area contributed by atoms with Gasteiger partial charge in [0.05, 0.1) is 0 Å². The Kier molecular flexibility index (Phi) is 6.63. The highest BCUT2D eigenvalue weighted by atomic mass is 16.2. The van der Waals surface area contributed by atoms with E-state index in [-0.39, 0.29) is 42.1 Å². The molecule has 4 heterocycles. The zero-order valence-corrected chi connectivity index (χ0v) is 20.0. The van der Waals surface area contributed by atoms with Gasteiger partial charge < -0.3 is 20.4 Å². The summed E-state index contributed by atoms with van der Waals surface area (Å²) in [6, 6.07) is 4.68. The van der Waals surface area contributed by atoms with Gasteiger partial charge in [0, 0.05) is 62.1 Å². The monoisotopic (exact) mass is 491 g/mol. The molecular weight excluding hydrogens is 462 g/mol. The molecule has 10 nitrogen and oxygen atoms in total. The summed E-state index contributed by atoms with van der Waals surface area (Å²) >= 11 is 0. The molecule has 0 radical (unpaired) electrons. The van der Waals surface area contributed by atoms with E-state index in [0.29, 0.717) is 44.6 Å². The van der Waals surface area contributed by atoms with Crippen molar-refractivity contribution >= 4 is 29.7 Å². The summed E-state index contributed by atoms with van der Waals surface area (Å²) in [7, 11) is 0. The highest BCUT2D eigenvalue weighted by molar-refractivity contribution is 6.05. The number of piperidine rings is 2. The van der Waals surface area contributed by atoms with Crippen molar-refractivity contribution in [3.63, 3.8) is 0 Å². The van der Waals surface area contributed by atoms with E-state index in [4.69, 9.17) is 0 Å². The van der Waals surface area contributed by atoms with E-state index < -0.39 is 11.9 Å². The van der Waals surface area contributed by atoms with Crippen LogP contribution in [0.2, 0.25) is 0 Å². The van der Waals surface area contributed by atoms with E-state index in [1.54, 1.807) is 17.0 Å². The first kappa shape index (κ1) is 23.9. The molecule has 4 aliphatic rings. The van der Waals surface area contributed by atoms with Crippen LogP contribution in [0.5, 0.6) is 0 Å². The third-order valence-corrected chi connectivity index (χ3v) is 7.36. The number of urea groups is 1. The second-order valence-electron chi connectivity index (χ2n) is 9.75. The maximum Gasteiger partial charge on any atom is 0.317 e. The molecule has 2 atom stereocenters. The van der Waals surface area contributed by atoms with Gasteiger partial charge in [0.15, 0.2) is 0 Å². The van der Waals surface area contributed by atoms with Crippen molar-refractivity contribution in [3.8, 4) is 11.8 Å². The van der Waals surface area contributed by atoms with Gasteiger partial charge in [0.1, 0.15) is 6.04 Å². The summed E-state index contributed by atoms with van der Waals surface area (Å²) < 4.78 is 0. The number of likely N-dealkylation sites (tertiary alicyclic amines) is 1. The number of benzene rings is 1. The first-order valence-corrected chi connectivity index (χ1v) is 12.5. The molecule has 1 aromatic rings. The number of imide groups is 1. The molecule has 36 heavy (non-hydrogen) atoms. The topological polar surface area (TPSA) is 128 Å². The van der Waals surface area contributed by atoms with Crippen molar-refractivity contribution in [2.75, 3.05) is 19.6 Å². The Bertz CT molecular complexity index is 1180. The van der Waals surface area contributed by atoms with Crippen LogP contribution in [0.3, 0.4) is 0 Å². The molecule has 1 aromatic carbocycles. The average Bonchev–Trinajstić information content (AvgIpc) is 3.44. The van der Waals surface area contributed by atoms with Crippen molar-refractivity contribution in [1.82, 2.24) is 25.8 Å². The molecule has 0 aliphatic carbocycles. The van der Waals surface area contributed by atoms with Crippen molar-refractivity contribution in [1.29, 1.82) is 0 Å². The summed E-state index contributed by atoms with van der Waals surface area (Å²) in [5.74, 6) is 5.80. The van der Waals surface area contributed by atoms with Gasteiger partial charge in [-0.2, -0.15) is 0 Å². The number of rotatable bonds is 3. The zero-order valence-electron chi connectivity index (χ0n) is 20.0. The van der Waals surface area contributed by atoms with Crippen LogP contribution in [0, 0.1) is 17.8 Å². The molecular formula is C26H29N5O5. The third-order valence-electron chi connectivity index (χ3n) is 7.36. The van der Waals surface area contributed by atoms with Gasteiger partial charge in [-0.25, -0.2) is 4.79 Å². The molecule has 3 N–H and O–H groups in total. The molecule has 10 heteroatoms. The first-order chi connectivity index (χ1) is 17.4. The van der Waals surface area contributed by atoms with Gasteiger partial charge in [-0.1, -0.05) is 17.9 Å². The van der Waals surface area contributed by atoms with Crippen molar-refractivity contribution in [2.45, 2.75) is 57.2 Å². The lowest BCUT2D eigenvalue weighted by Crippen LogP contribution is -2.52. The molecule has 5 rings (SSSR count). The van der Waals surface area contributed by atoms with Crippen LogP contribution in [0.1, 0.15) is 60.0 Å². The van der Waals surface area contributed by atoms with Gasteiger partial charge in [-0.15, -0.1) is 0 Å². The lowest BCUT2D eigenvalue weighted by Gasteiger charge is -2.30. The summed E-state index contributed by atoms with van der Waals surface area (Å²) in [5, 5.41) is 8.08. The van der Waals surface area contributed by atoms with E-state index in [1.165, 1.54) is 4.90 Å². The van der Waals surface area contributed by atoms with Gasteiger partial charge >= 0.3 is 6.03 Å². The fourth-order valence-electron chi connectivity index (χ4n) is 5.26. The lowest BCUT2D eigenvalue weighted by atomic mass is 9.96. The Morgan fingerprint density at radius 2 is 1.81 bits per heavy atom. The minimum Gasteiger partial charge on any atom is -0.352 e. The molecule has 0 bridgehead atoms. The fourth-order valence-corrected chi connectivity index (χ4v) is 5.26. The van der Waals surface area contributed by atoms with Crippen LogP contribution < -0.4 is 16.0 Å². The minimum absolute atomic E-state index is 0.00949. The number of nitrogens with one attached hydrogen (secondary N) is 3. The standard InChI is InChI=1S/C26H29N5O5/c32-22-8-6-18(28-22)14-27-26(36)30-12-10-16(11-13-30)4-5-17-2-1-3-19-20(17)15-31(25(19)35)21-7-9-23(33)29-24(21)34/h1-3,16,18,21H,6-15H2,(H,27,36)(H,28,32)(H,29,33,34)/t18-,21?/m0/s1. The number of hydrogen-bond acceptors (Lipinski definition) is 5. The molecule has 0 saturated carbocycles. The minimum atomic E-state index is -0.649. The first-order valence-electron chi connectivity index (χ1n) is 12.5. The predicted octanol–water partition coefficient (Wildman–Crippen LogP) is 0.499. The van der Waals surface area contributed by atoms with Crippen LogP contribution in [-0.2, 0) is 20.9 Å². The number of carbonyl (C=O) groups is 5. The Hall–Kier alpha value is -3.87. The molecule has 3 fully saturated rings. The normalized spacial score (nSPS) is 24.1. The van der Waals surface area contributed by atoms with E-state index in [0.717, 1.165) is 30.4 Å². The molecule has 3 saturated heterocycles. The quantitative estimate of drug-likeness (QED) is 0.419. The number of carbonyl (C=O) groups excluding carboxylic acids is 5. The molecule has 0 spiro atoms. The number of fused-ring (bicyclic) bond motifs is 1. The van der Waals surface area contributed by atoms with E-state index in [2.05, 4.69) is 27.8 Å². The highest BCUT2D eigenvalue weighted by Gasteiger charge is 2.39. The Balaban J connectivity index is 1.17. The zero-order chi connectivity index (χ0) is 25.2. The molecule has 188 valence electrons. The largest absolute Gasteiger partial charge is 0.352 e. The molecule has 6 amide bonds. The smallest absolute Gasteiger partial charge is 0.317 e. The highest BCUT2D eigenvalue weighted by Crippen LogP contribution is 2.29. The number of nitrogens with zero attached hydrogens (tertiary/aromatic N) is 2. The van der Waals surface area contributed by atoms with Crippen LogP contribution in [0.25, 0.3) is 0 Å². The van der Waals surface area contributed by atoms with Crippen molar-refractivity contribution in [2.24, 2.45) is 5.92 Å². The van der Waals surface area contributed by atoms with E-state index >= 15 is 0 Å². The Labute approximate surface area is 209 Å². The second kappa shape index (κ2) is 10.0. The SMILES string of the molecule is O=C1CCC(N2Cc3c(C#CC4CCN(C(=O)NC[C@@H]5CCC(=O)N5)CC4)cccc3C2=O)C(=O)N1. The lowest BCUT2D eigenvalue weighted by molar-refractivity contribution is -0.137. The van der Waals surface area contributed by atoms with Crippen LogP contribution in [-0.4, -0.2) is 71.2 Å². The van der Waals surface area contributed by atoms with Gasteiger partial charge in [0.25, 0.3) is 5.91 Å². The molecule has 0 aromatic heterocycles. The molecule has 1 unspecified atom stereocenters. The van der Waals surface area contributed by atoms with Gasteiger partial charge in [-0.05, 0) is 43.4 Å². The predicted molar refractivity (Wildman–Crippen MR) is 128 cm³/mol. The van der Waals surface area contributed by atoms with E-state index in [9.17, 15) is 24.0 Å². The summed E-state index contributed by atoms with van der Waals surface area (Å²) in [5.41, 5.74) is 2.14. The number of hydrogen-bond donors (Lipinski definition) is 3. The maximum absolute atomic E-state index is 13.0. The maximum atomic E-state index is 13.0.